The van der Waals surface area contributed by atoms with Crippen LogP contribution in [0.4, 0.5) is 0 Å². The van der Waals surface area contributed by atoms with Crippen molar-refractivity contribution in [1.82, 2.24) is 24.1 Å². The van der Waals surface area contributed by atoms with Gasteiger partial charge in [0.1, 0.15) is 11.2 Å². The number of aryl methyl sites for hydroxylation is 1. The molecule has 0 aliphatic carbocycles. The van der Waals surface area contributed by atoms with Crippen LogP contribution in [0.5, 0.6) is 0 Å². The summed E-state index contributed by atoms with van der Waals surface area (Å²) < 4.78 is 11.3. The highest BCUT2D eigenvalue weighted by atomic mass is 16.3. The summed E-state index contributed by atoms with van der Waals surface area (Å²) >= 11 is 0. The van der Waals surface area contributed by atoms with Gasteiger partial charge in [0.15, 0.2) is 11.6 Å². The summed E-state index contributed by atoms with van der Waals surface area (Å²) in [6.07, 6.45) is 0. The predicted octanol–water partition coefficient (Wildman–Crippen LogP) is 13.3. The van der Waals surface area contributed by atoms with Crippen molar-refractivity contribution in [3.05, 3.63) is 188 Å². The number of rotatable bonds is 5. The van der Waals surface area contributed by atoms with Gasteiger partial charge in [-0.15, -0.1) is 0 Å². The van der Waals surface area contributed by atoms with Crippen molar-refractivity contribution in [2.24, 2.45) is 0 Å². The normalized spacial score (nSPS) is 11.9. The Morgan fingerprint density at radius 3 is 1.71 bits per heavy atom. The second kappa shape index (κ2) is 12.6. The fourth-order valence-corrected chi connectivity index (χ4v) is 8.75. The van der Waals surface area contributed by atoms with Crippen molar-refractivity contribution >= 4 is 65.6 Å². The van der Waals surface area contributed by atoms with E-state index in [0.29, 0.717) is 17.6 Å². The third-order valence-electron chi connectivity index (χ3n) is 11.5. The average molecular weight is 744 g/mol. The van der Waals surface area contributed by atoms with Gasteiger partial charge >= 0.3 is 0 Å². The SMILES string of the molecule is Cc1ccc(-c2nc(-c3ccc(-c4ccccc4)cc3)nc(-n3c4ccccc4c4c3ccc3c5c6oc7ccccc7c6ccc5n(-c5ccccc5)c34)n2)cc1. The van der Waals surface area contributed by atoms with Crippen molar-refractivity contribution < 1.29 is 4.42 Å². The van der Waals surface area contributed by atoms with Crippen LogP contribution in [0.15, 0.2) is 186 Å². The summed E-state index contributed by atoms with van der Waals surface area (Å²) in [6, 6.07) is 63.7. The molecule has 0 saturated carbocycles. The average Bonchev–Trinajstić information content (AvgIpc) is 3.95. The molecule has 0 unspecified atom stereocenters. The van der Waals surface area contributed by atoms with Gasteiger partial charge in [-0.1, -0.05) is 139 Å². The molecule has 272 valence electrons. The Bertz CT molecular complexity index is 3540. The van der Waals surface area contributed by atoms with Crippen LogP contribution in [0.1, 0.15) is 5.56 Å². The van der Waals surface area contributed by atoms with E-state index >= 15 is 0 Å². The maximum Gasteiger partial charge on any atom is 0.238 e. The predicted molar refractivity (Wildman–Crippen MR) is 237 cm³/mol. The molecule has 0 radical (unpaired) electrons. The van der Waals surface area contributed by atoms with Crippen LogP contribution >= 0.6 is 0 Å². The molecule has 0 spiro atoms. The van der Waals surface area contributed by atoms with E-state index in [9.17, 15) is 0 Å². The van der Waals surface area contributed by atoms with Crippen molar-refractivity contribution in [2.45, 2.75) is 6.92 Å². The molecule has 4 heterocycles. The quantitative estimate of drug-likeness (QED) is 0.176. The van der Waals surface area contributed by atoms with Gasteiger partial charge in [0.05, 0.1) is 27.5 Å². The van der Waals surface area contributed by atoms with E-state index < -0.39 is 0 Å². The van der Waals surface area contributed by atoms with E-state index in [4.69, 9.17) is 19.4 Å². The van der Waals surface area contributed by atoms with Crippen LogP contribution < -0.4 is 0 Å². The molecule has 0 amide bonds. The number of nitrogens with zero attached hydrogens (tertiary/aromatic N) is 5. The summed E-state index contributed by atoms with van der Waals surface area (Å²) in [7, 11) is 0. The Kier molecular flexibility index (Phi) is 7.04. The van der Waals surface area contributed by atoms with E-state index in [-0.39, 0.29) is 0 Å². The van der Waals surface area contributed by atoms with Crippen LogP contribution in [0, 0.1) is 6.92 Å². The molecule has 0 bridgehead atoms. The van der Waals surface area contributed by atoms with Crippen LogP contribution in [0.25, 0.3) is 111 Å². The molecule has 12 rings (SSSR count). The van der Waals surface area contributed by atoms with Crippen molar-refractivity contribution in [3.8, 4) is 45.5 Å². The zero-order valence-electron chi connectivity index (χ0n) is 31.5. The zero-order chi connectivity index (χ0) is 38.3. The minimum atomic E-state index is 0.556. The van der Waals surface area contributed by atoms with Gasteiger partial charge in [-0.2, -0.15) is 9.97 Å². The van der Waals surface area contributed by atoms with E-state index in [1.54, 1.807) is 0 Å². The maximum absolute atomic E-state index is 6.70. The molecule has 6 heteroatoms. The third-order valence-corrected chi connectivity index (χ3v) is 11.5. The summed E-state index contributed by atoms with van der Waals surface area (Å²) in [5.41, 5.74) is 12.4. The second-order valence-corrected chi connectivity index (χ2v) is 14.9. The van der Waals surface area contributed by atoms with Crippen LogP contribution in [-0.2, 0) is 0 Å². The number of aromatic nitrogens is 5. The number of fused-ring (bicyclic) bond motifs is 11. The molecule has 0 fully saturated rings. The first-order chi connectivity index (χ1) is 28.7. The van der Waals surface area contributed by atoms with Gasteiger partial charge in [0.25, 0.3) is 0 Å². The Morgan fingerprint density at radius 1 is 0.397 bits per heavy atom. The van der Waals surface area contributed by atoms with E-state index in [1.807, 2.05) is 12.1 Å². The Morgan fingerprint density at radius 2 is 0.966 bits per heavy atom. The Balaban J connectivity index is 1.17. The third kappa shape index (κ3) is 4.88. The zero-order valence-corrected chi connectivity index (χ0v) is 31.5. The number of hydrogen-bond donors (Lipinski definition) is 0. The van der Waals surface area contributed by atoms with Gasteiger partial charge in [0.2, 0.25) is 5.95 Å². The summed E-state index contributed by atoms with van der Waals surface area (Å²) in [5.74, 6) is 1.78. The van der Waals surface area contributed by atoms with E-state index in [1.165, 1.54) is 5.56 Å². The second-order valence-electron chi connectivity index (χ2n) is 14.9. The minimum Gasteiger partial charge on any atom is -0.455 e. The Labute approximate surface area is 332 Å². The monoisotopic (exact) mass is 743 g/mol. The van der Waals surface area contributed by atoms with Gasteiger partial charge in [0, 0.05) is 43.7 Å². The first-order valence-electron chi connectivity index (χ1n) is 19.5. The van der Waals surface area contributed by atoms with Gasteiger partial charge in [-0.25, -0.2) is 4.98 Å². The number of para-hydroxylation sites is 3. The molecule has 0 aliphatic heterocycles. The molecule has 12 aromatic rings. The fourth-order valence-electron chi connectivity index (χ4n) is 8.75. The summed E-state index contributed by atoms with van der Waals surface area (Å²) in [5, 5.41) is 6.65. The highest BCUT2D eigenvalue weighted by Crippen LogP contribution is 2.45. The standard InChI is InChI=1S/C52H33N5O/c1-32-20-22-35(23-21-32)50-53-51(36-26-24-34(25-27-36)33-12-4-2-5-13-33)55-52(54-50)57-42-18-10-8-17-40(42)46-43(57)31-29-41-47-44(56(48(41)46)37-14-6-3-7-15-37)30-28-39-38-16-9-11-19-45(38)58-49(39)47/h2-31H,1H3. The smallest absolute Gasteiger partial charge is 0.238 e. The van der Waals surface area contributed by atoms with Crippen LogP contribution in [0.2, 0.25) is 0 Å². The lowest BCUT2D eigenvalue weighted by molar-refractivity contribution is 0.673. The highest BCUT2D eigenvalue weighted by molar-refractivity contribution is 6.30. The fraction of sp³-hybridized carbons (Fsp3) is 0.0192. The molecular formula is C52H33N5O. The lowest BCUT2D eigenvalue weighted by Crippen LogP contribution is -2.06. The Hall–Kier alpha value is -7.83. The van der Waals surface area contributed by atoms with E-state index in [0.717, 1.165) is 93.5 Å². The van der Waals surface area contributed by atoms with Crippen molar-refractivity contribution in [3.63, 3.8) is 0 Å². The summed E-state index contributed by atoms with van der Waals surface area (Å²) in [4.78, 5) is 15.6. The molecule has 6 nitrogen and oxygen atoms in total. The molecule has 58 heavy (non-hydrogen) atoms. The maximum atomic E-state index is 6.70. The van der Waals surface area contributed by atoms with Gasteiger partial charge in [-0.3, -0.25) is 4.57 Å². The van der Waals surface area contributed by atoms with Crippen LogP contribution in [0.3, 0.4) is 0 Å². The first kappa shape index (κ1) is 32.4. The number of furan rings is 1. The molecular weight excluding hydrogens is 711 g/mol. The molecule has 0 N–H and O–H groups in total. The molecule has 8 aromatic carbocycles. The number of benzene rings is 8. The largest absolute Gasteiger partial charge is 0.455 e. The van der Waals surface area contributed by atoms with Crippen molar-refractivity contribution in [2.75, 3.05) is 0 Å². The minimum absolute atomic E-state index is 0.556. The van der Waals surface area contributed by atoms with Crippen LogP contribution in [-0.4, -0.2) is 24.1 Å². The molecule has 4 aromatic heterocycles. The van der Waals surface area contributed by atoms with Crippen molar-refractivity contribution in [1.29, 1.82) is 0 Å². The lowest BCUT2D eigenvalue weighted by Gasteiger charge is -2.12. The molecule has 0 aliphatic rings. The molecule has 0 saturated heterocycles. The first-order valence-corrected chi connectivity index (χ1v) is 19.5. The summed E-state index contributed by atoms with van der Waals surface area (Å²) in [6.45, 7) is 2.09. The lowest BCUT2D eigenvalue weighted by atomic mass is 10.0. The highest BCUT2D eigenvalue weighted by Gasteiger charge is 2.25. The topological polar surface area (TPSA) is 61.7 Å². The number of hydrogen-bond acceptors (Lipinski definition) is 4. The van der Waals surface area contributed by atoms with Gasteiger partial charge in [-0.05, 0) is 66.6 Å². The molecule has 0 atom stereocenters. The van der Waals surface area contributed by atoms with Gasteiger partial charge < -0.3 is 8.98 Å². The van der Waals surface area contributed by atoms with E-state index in [2.05, 4.69) is 186 Å².